The van der Waals surface area contributed by atoms with Crippen LogP contribution in [0, 0.1) is 0 Å². The molecule has 1 unspecified atom stereocenters. The number of hydrogen-bond donors (Lipinski definition) is 0. The molecule has 0 nitrogen and oxygen atoms in total. The van der Waals surface area contributed by atoms with Crippen LogP contribution in [0.15, 0.2) is 48.5 Å². The first-order valence-electron chi connectivity index (χ1n) is 5.29. The lowest BCUT2D eigenvalue weighted by Gasteiger charge is -2.10. The largest absolute Gasteiger partial charge is 0.117 e. The van der Waals surface area contributed by atoms with Gasteiger partial charge in [0.1, 0.15) is 0 Å². The van der Waals surface area contributed by atoms with Crippen LogP contribution < -0.4 is 0 Å². The van der Waals surface area contributed by atoms with Crippen LogP contribution in [-0.2, 0) is 6.42 Å². The number of halogens is 3. The Morgan fingerprint density at radius 1 is 0.882 bits per heavy atom. The van der Waals surface area contributed by atoms with E-state index < -0.39 is 0 Å². The van der Waals surface area contributed by atoms with Gasteiger partial charge in [0.05, 0.1) is 5.38 Å². The average molecular weight is 286 g/mol. The molecule has 0 aromatic heterocycles. The summed E-state index contributed by atoms with van der Waals surface area (Å²) in [4.78, 5) is 0. The van der Waals surface area contributed by atoms with E-state index >= 15 is 0 Å². The first-order chi connectivity index (χ1) is 8.15. The minimum Gasteiger partial charge on any atom is -0.117 e. The van der Waals surface area contributed by atoms with E-state index in [0.29, 0.717) is 0 Å². The van der Waals surface area contributed by atoms with Crippen LogP contribution in [0.5, 0.6) is 0 Å². The molecular weight excluding hydrogens is 275 g/mol. The van der Waals surface area contributed by atoms with Gasteiger partial charge in [-0.15, -0.1) is 11.6 Å². The van der Waals surface area contributed by atoms with Gasteiger partial charge in [-0.3, -0.25) is 0 Å². The molecule has 0 radical (unpaired) electrons. The Kier molecular flexibility index (Phi) is 4.33. The van der Waals surface area contributed by atoms with Crippen molar-refractivity contribution in [3.05, 3.63) is 69.7 Å². The van der Waals surface area contributed by atoms with Crippen molar-refractivity contribution < 1.29 is 0 Å². The molecule has 0 amide bonds. The van der Waals surface area contributed by atoms with Gasteiger partial charge in [0.2, 0.25) is 0 Å². The SMILES string of the molecule is Clc1ccc(C(Cl)Cc2cccc(Cl)c2)cc1. The molecule has 0 saturated carbocycles. The number of benzene rings is 2. The van der Waals surface area contributed by atoms with E-state index in [0.717, 1.165) is 27.6 Å². The maximum atomic E-state index is 6.36. The highest BCUT2D eigenvalue weighted by Gasteiger charge is 2.09. The topological polar surface area (TPSA) is 0 Å². The van der Waals surface area contributed by atoms with Gasteiger partial charge in [-0.1, -0.05) is 47.5 Å². The van der Waals surface area contributed by atoms with Crippen LogP contribution in [-0.4, -0.2) is 0 Å². The van der Waals surface area contributed by atoms with Gasteiger partial charge in [-0.05, 0) is 41.8 Å². The van der Waals surface area contributed by atoms with E-state index in [-0.39, 0.29) is 5.38 Å². The van der Waals surface area contributed by atoms with Crippen molar-refractivity contribution in [1.29, 1.82) is 0 Å². The summed E-state index contributed by atoms with van der Waals surface area (Å²) in [5, 5.41) is 1.40. The predicted octanol–water partition coefficient (Wildman–Crippen LogP) is 5.52. The Balaban J connectivity index is 2.11. The first-order valence-corrected chi connectivity index (χ1v) is 6.48. The van der Waals surface area contributed by atoms with Crippen molar-refractivity contribution in [1.82, 2.24) is 0 Å². The third-order valence-electron chi connectivity index (χ3n) is 2.54. The van der Waals surface area contributed by atoms with E-state index in [1.807, 2.05) is 48.5 Å². The monoisotopic (exact) mass is 284 g/mol. The summed E-state index contributed by atoms with van der Waals surface area (Å²) in [5.74, 6) is 0. The molecule has 17 heavy (non-hydrogen) atoms. The molecule has 0 aliphatic rings. The van der Waals surface area contributed by atoms with Crippen molar-refractivity contribution in [2.75, 3.05) is 0 Å². The van der Waals surface area contributed by atoms with Crippen LogP contribution in [0.2, 0.25) is 10.0 Å². The van der Waals surface area contributed by atoms with E-state index in [9.17, 15) is 0 Å². The molecule has 0 aliphatic heterocycles. The zero-order valence-electron chi connectivity index (χ0n) is 9.04. The molecule has 2 aromatic carbocycles. The van der Waals surface area contributed by atoms with Crippen molar-refractivity contribution in [2.24, 2.45) is 0 Å². The Bertz CT molecular complexity index is 491. The van der Waals surface area contributed by atoms with Gasteiger partial charge in [0, 0.05) is 10.0 Å². The third kappa shape index (κ3) is 3.64. The Labute approximate surface area is 116 Å². The standard InChI is InChI=1S/C14H11Cl3/c15-12-6-4-11(5-7-12)14(17)9-10-2-1-3-13(16)8-10/h1-8,14H,9H2. The Morgan fingerprint density at radius 2 is 1.59 bits per heavy atom. The summed E-state index contributed by atoms with van der Waals surface area (Å²) in [6.07, 6.45) is 0.754. The molecule has 0 fully saturated rings. The van der Waals surface area contributed by atoms with Gasteiger partial charge in [-0.2, -0.15) is 0 Å². The van der Waals surface area contributed by atoms with Crippen molar-refractivity contribution >= 4 is 34.8 Å². The minimum absolute atomic E-state index is 0.0641. The fraction of sp³-hybridized carbons (Fsp3) is 0.143. The molecule has 88 valence electrons. The molecule has 3 heteroatoms. The fourth-order valence-electron chi connectivity index (χ4n) is 1.66. The molecule has 0 spiro atoms. The van der Waals surface area contributed by atoms with Crippen LogP contribution in [0.4, 0.5) is 0 Å². The lowest BCUT2D eigenvalue weighted by Crippen LogP contribution is -1.95. The second-order valence-electron chi connectivity index (χ2n) is 3.85. The van der Waals surface area contributed by atoms with Crippen LogP contribution in [0.3, 0.4) is 0 Å². The van der Waals surface area contributed by atoms with Crippen molar-refractivity contribution in [3.63, 3.8) is 0 Å². The normalized spacial score (nSPS) is 12.4. The van der Waals surface area contributed by atoms with Crippen molar-refractivity contribution in [3.8, 4) is 0 Å². The van der Waals surface area contributed by atoms with Crippen molar-refractivity contribution in [2.45, 2.75) is 11.8 Å². The Hall–Kier alpha value is -0.690. The van der Waals surface area contributed by atoms with Crippen LogP contribution in [0.1, 0.15) is 16.5 Å². The summed E-state index contributed by atoms with van der Waals surface area (Å²) < 4.78 is 0. The molecule has 0 saturated heterocycles. The molecule has 0 N–H and O–H groups in total. The van der Waals surface area contributed by atoms with Gasteiger partial charge >= 0.3 is 0 Å². The molecular formula is C14H11Cl3. The summed E-state index contributed by atoms with van der Waals surface area (Å²) in [5.41, 5.74) is 2.20. The van der Waals surface area contributed by atoms with Gasteiger partial charge in [0.15, 0.2) is 0 Å². The lowest BCUT2D eigenvalue weighted by molar-refractivity contribution is 0.920. The Morgan fingerprint density at radius 3 is 2.24 bits per heavy atom. The zero-order chi connectivity index (χ0) is 12.3. The smallest absolute Gasteiger partial charge is 0.0625 e. The number of alkyl halides is 1. The second kappa shape index (κ2) is 5.77. The average Bonchev–Trinajstić information content (AvgIpc) is 2.29. The van der Waals surface area contributed by atoms with E-state index in [2.05, 4.69) is 0 Å². The number of hydrogen-bond acceptors (Lipinski definition) is 0. The lowest BCUT2D eigenvalue weighted by atomic mass is 10.0. The predicted molar refractivity (Wildman–Crippen MR) is 75.2 cm³/mol. The van der Waals surface area contributed by atoms with Gasteiger partial charge < -0.3 is 0 Å². The fourth-order valence-corrected chi connectivity index (χ4v) is 2.32. The summed E-state index contributed by atoms with van der Waals surface area (Å²) >= 11 is 18.1. The van der Waals surface area contributed by atoms with E-state index in [1.165, 1.54) is 0 Å². The van der Waals surface area contributed by atoms with Crippen LogP contribution in [0.25, 0.3) is 0 Å². The molecule has 0 aliphatic carbocycles. The highest BCUT2D eigenvalue weighted by atomic mass is 35.5. The maximum absolute atomic E-state index is 6.36. The molecule has 0 heterocycles. The summed E-state index contributed by atoms with van der Waals surface area (Å²) in [6.45, 7) is 0. The highest BCUT2D eigenvalue weighted by molar-refractivity contribution is 6.31. The molecule has 2 rings (SSSR count). The second-order valence-corrected chi connectivity index (χ2v) is 5.25. The molecule has 2 aromatic rings. The third-order valence-corrected chi connectivity index (χ3v) is 3.43. The van der Waals surface area contributed by atoms with Crippen LogP contribution >= 0.6 is 34.8 Å². The van der Waals surface area contributed by atoms with Gasteiger partial charge in [0.25, 0.3) is 0 Å². The number of rotatable bonds is 3. The molecule has 1 atom stereocenters. The quantitative estimate of drug-likeness (QED) is 0.652. The highest BCUT2D eigenvalue weighted by Crippen LogP contribution is 2.26. The maximum Gasteiger partial charge on any atom is 0.0625 e. The minimum atomic E-state index is -0.0641. The first kappa shape index (κ1) is 12.8. The summed E-state index contributed by atoms with van der Waals surface area (Å²) in [7, 11) is 0. The molecule has 0 bridgehead atoms. The van der Waals surface area contributed by atoms with E-state index in [4.69, 9.17) is 34.8 Å². The van der Waals surface area contributed by atoms with Gasteiger partial charge in [-0.25, -0.2) is 0 Å². The zero-order valence-corrected chi connectivity index (χ0v) is 11.3. The van der Waals surface area contributed by atoms with E-state index in [1.54, 1.807) is 0 Å². The summed E-state index contributed by atoms with van der Waals surface area (Å²) in [6, 6.07) is 15.4.